The molecule has 0 atom stereocenters. The zero-order chi connectivity index (χ0) is 22.6. The number of alkyl halides is 3. The van der Waals surface area contributed by atoms with E-state index in [4.69, 9.17) is 0 Å². The molecule has 1 aliphatic rings. The largest absolute Gasteiger partial charge is 0.416 e. The summed E-state index contributed by atoms with van der Waals surface area (Å²) in [6, 6.07) is 13.9. The Bertz CT molecular complexity index is 1320. The lowest BCUT2D eigenvalue weighted by Gasteiger charge is -2.31. The van der Waals surface area contributed by atoms with Gasteiger partial charge < -0.3 is 5.32 Å². The van der Waals surface area contributed by atoms with Gasteiger partial charge in [-0.2, -0.15) is 13.2 Å². The van der Waals surface area contributed by atoms with Crippen LogP contribution in [-0.2, 0) is 16.2 Å². The molecule has 9 heteroatoms. The summed E-state index contributed by atoms with van der Waals surface area (Å²) in [5, 5.41) is 2.49. The summed E-state index contributed by atoms with van der Waals surface area (Å²) in [4.78, 5) is 12.9. The standard InChI is InChI=1S/C22H17F3N2O3S/c1-13-10-14(21(28)26-16-7-5-6-15(12-16)22(23,24)25)11-18-17-8-3-4-9-19(17)31(29,30)27(2)20(13)18/h3-12H,1-2H3,(H,26,28). The maximum atomic E-state index is 12.9. The highest BCUT2D eigenvalue weighted by atomic mass is 32.2. The fourth-order valence-electron chi connectivity index (χ4n) is 3.69. The summed E-state index contributed by atoms with van der Waals surface area (Å²) in [5.41, 5.74) is 1.37. The normalized spacial score (nSPS) is 14.5. The van der Waals surface area contributed by atoms with Crippen molar-refractivity contribution in [1.82, 2.24) is 0 Å². The van der Waals surface area contributed by atoms with Crippen molar-refractivity contribution in [2.45, 2.75) is 18.0 Å². The summed E-state index contributed by atoms with van der Waals surface area (Å²) in [7, 11) is -2.29. The van der Waals surface area contributed by atoms with Crippen LogP contribution in [0.2, 0.25) is 0 Å². The van der Waals surface area contributed by atoms with Crippen LogP contribution in [0.4, 0.5) is 24.5 Å². The second kappa shape index (κ2) is 7.12. The Morgan fingerprint density at radius 2 is 1.68 bits per heavy atom. The number of rotatable bonds is 2. The second-order valence-electron chi connectivity index (χ2n) is 7.19. The van der Waals surface area contributed by atoms with E-state index in [0.29, 0.717) is 22.4 Å². The average molecular weight is 446 g/mol. The van der Waals surface area contributed by atoms with Crippen LogP contribution >= 0.6 is 0 Å². The molecule has 0 radical (unpaired) electrons. The van der Waals surface area contributed by atoms with Crippen molar-refractivity contribution in [3.8, 4) is 11.1 Å². The number of hydrogen-bond acceptors (Lipinski definition) is 3. The first kappa shape index (κ1) is 20.9. The van der Waals surface area contributed by atoms with E-state index < -0.39 is 27.7 Å². The summed E-state index contributed by atoms with van der Waals surface area (Å²) < 4.78 is 65.7. The average Bonchev–Trinajstić information content (AvgIpc) is 2.71. The van der Waals surface area contributed by atoms with Gasteiger partial charge in [-0.1, -0.05) is 24.3 Å². The van der Waals surface area contributed by atoms with Gasteiger partial charge in [-0.3, -0.25) is 9.10 Å². The third kappa shape index (κ3) is 3.54. The topological polar surface area (TPSA) is 66.5 Å². The second-order valence-corrected chi connectivity index (χ2v) is 9.13. The summed E-state index contributed by atoms with van der Waals surface area (Å²) in [6.07, 6.45) is -4.52. The molecule has 160 valence electrons. The number of sulfonamides is 1. The number of fused-ring (bicyclic) bond motifs is 3. The molecular weight excluding hydrogens is 429 g/mol. The number of nitrogens with one attached hydrogen (secondary N) is 1. The zero-order valence-electron chi connectivity index (χ0n) is 16.5. The number of benzene rings is 3. The lowest BCUT2D eigenvalue weighted by atomic mass is 9.96. The minimum atomic E-state index is -4.52. The van der Waals surface area contributed by atoms with Crippen molar-refractivity contribution >= 4 is 27.3 Å². The summed E-state index contributed by atoms with van der Waals surface area (Å²) >= 11 is 0. The maximum Gasteiger partial charge on any atom is 0.416 e. The minimum Gasteiger partial charge on any atom is -0.322 e. The molecule has 31 heavy (non-hydrogen) atoms. The number of carbonyl (C=O) groups is 1. The highest BCUT2D eigenvalue weighted by Gasteiger charge is 2.34. The van der Waals surface area contributed by atoms with E-state index in [-0.39, 0.29) is 16.1 Å². The van der Waals surface area contributed by atoms with Gasteiger partial charge in [0.15, 0.2) is 0 Å². The molecule has 3 aromatic carbocycles. The van der Waals surface area contributed by atoms with Gasteiger partial charge in [0.25, 0.3) is 15.9 Å². The SMILES string of the molecule is Cc1cc(C(=O)Nc2cccc(C(F)(F)F)c2)cc2c1N(C)S(=O)(=O)c1ccccc1-2. The predicted octanol–water partition coefficient (Wildman–Crippen LogP) is 5.07. The number of anilines is 2. The Hall–Kier alpha value is -3.33. The molecule has 1 amide bonds. The van der Waals surface area contributed by atoms with Crippen LogP contribution in [0, 0.1) is 6.92 Å². The summed E-state index contributed by atoms with van der Waals surface area (Å²) in [5.74, 6) is -0.598. The van der Waals surface area contributed by atoms with Crippen LogP contribution in [0.1, 0.15) is 21.5 Å². The number of hydrogen-bond donors (Lipinski definition) is 1. The van der Waals surface area contributed by atoms with E-state index in [1.54, 1.807) is 31.2 Å². The first-order valence-electron chi connectivity index (χ1n) is 9.22. The van der Waals surface area contributed by atoms with E-state index in [1.165, 1.54) is 35.6 Å². The van der Waals surface area contributed by atoms with E-state index in [9.17, 15) is 26.4 Å². The van der Waals surface area contributed by atoms with Crippen molar-refractivity contribution < 1.29 is 26.4 Å². The Morgan fingerprint density at radius 3 is 2.39 bits per heavy atom. The Morgan fingerprint density at radius 1 is 0.968 bits per heavy atom. The molecule has 0 saturated heterocycles. The fourth-order valence-corrected chi connectivity index (χ4v) is 5.18. The van der Waals surface area contributed by atoms with E-state index in [0.717, 1.165) is 12.1 Å². The van der Waals surface area contributed by atoms with Gasteiger partial charge in [-0.15, -0.1) is 0 Å². The number of amides is 1. The molecule has 3 aromatic rings. The third-order valence-corrected chi connectivity index (χ3v) is 6.96. The van der Waals surface area contributed by atoms with Gasteiger partial charge in [0.2, 0.25) is 0 Å². The molecule has 4 rings (SSSR count). The summed E-state index contributed by atoms with van der Waals surface area (Å²) in [6.45, 7) is 1.68. The van der Waals surface area contributed by atoms with E-state index >= 15 is 0 Å². The van der Waals surface area contributed by atoms with Crippen LogP contribution in [-0.4, -0.2) is 21.4 Å². The first-order valence-corrected chi connectivity index (χ1v) is 10.7. The Balaban J connectivity index is 1.77. The lowest BCUT2D eigenvalue weighted by molar-refractivity contribution is -0.137. The number of halogens is 3. The molecule has 1 aliphatic heterocycles. The highest BCUT2D eigenvalue weighted by Crippen LogP contribution is 2.44. The van der Waals surface area contributed by atoms with Crippen LogP contribution in [0.3, 0.4) is 0 Å². The molecule has 5 nitrogen and oxygen atoms in total. The van der Waals surface area contributed by atoms with Crippen molar-refractivity contribution in [2.75, 3.05) is 16.7 Å². The van der Waals surface area contributed by atoms with Gasteiger partial charge in [-0.05, 0) is 48.9 Å². The molecule has 1 N–H and O–H groups in total. The van der Waals surface area contributed by atoms with Crippen molar-refractivity contribution in [1.29, 1.82) is 0 Å². The van der Waals surface area contributed by atoms with E-state index in [2.05, 4.69) is 5.32 Å². The third-order valence-electron chi connectivity index (χ3n) is 5.14. The fraction of sp³-hybridized carbons (Fsp3) is 0.136. The molecule has 0 aromatic heterocycles. The van der Waals surface area contributed by atoms with Crippen LogP contribution < -0.4 is 9.62 Å². The molecular formula is C22H17F3N2O3S. The molecule has 0 aliphatic carbocycles. The lowest BCUT2D eigenvalue weighted by Crippen LogP contribution is -2.31. The quantitative estimate of drug-likeness (QED) is 0.598. The Labute approximate surface area is 177 Å². The van der Waals surface area contributed by atoms with Gasteiger partial charge in [-0.25, -0.2) is 8.42 Å². The number of nitrogens with zero attached hydrogens (tertiary/aromatic N) is 1. The van der Waals surface area contributed by atoms with Crippen molar-refractivity contribution in [2.24, 2.45) is 0 Å². The molecule has 0 saturated carbocycles. The molecule has 0 spiro atoms. The molecule has 0 unspecified atom stereocenters. The van der Waals surface area contributed by atoms with Crippen LogP contribution in [0.15, 0.2) is 65.6 Å². The van der Waals surface area contributed by atoms with E-state index in [1.807, 2.05) is 0 Å². The number of aryl methyl sites for hydroxylation is 1. The smallest absolute Gasteiger partial charge is 0.322 e. The van der Waals surface area contributed by atoms with Gasteiger partial charge in [0, 0.05) is 29.4 Å². The van der Waals surface area contributed by atoms with Crippen molar-refractivity contribution in [3.05, 3.63) is 77.4 Å². The zero-order valence-corrected chi connectivity index (χ0v) is 17.3. The van der Waals surface area contributed by atoms with Gasteiger partial charge in [0.1, 0.15) is 0 Å². The van der Waals surface area contributed by atoms with Crippen molar-refractivity contribution in [3.63, 3.8) is 0 Å². The first-order chi connectivity index (χ1) is 14.5. The molecule has 0 bridgehead atoms. The predicted molar refractivity (Wildman–Crippen MR) is 112 cm³/mol. The monoisotopic (exact) mass is 446 g/mol. The van der Waals surface area contributed by atoms with Gasteiger partial charge in [0.05, 0.1) is 16.1 Å². The minimum absolute atomic E-state index is 0.00953. The van der Waals surface area contributed by atoms with Crippen LogP contribution in [0.5, 0.6) is 0 Å². The van der Waals surface area contributed by atoms with Crippen LogP contribution in [0.25, 0.3) is 11.1 Å². The number of carbonyl (C=O) groups excluding carboxylic acids is 1. The van der Waals surface area contributed by atoms with Gasteiger partial charge >= 0.3 is 6.18 Å². The molecule has 1 heterocycles. The Kier molecular flexibility index (Phi) is 4.81. The highest BCUT2D eigenvalue weighted by molar-refractivity contribution is 7.93. The maximum absolute atomic E-state index is 12.9. The molecule has 0 fully saturated rings.